The molecule has 2 fully saturated rings. The van der Waals surface area contributed by atoms with Crippen LogP contribution in [0.2, 0.25) is 0 Å². The zero-order valence-corrected chi connectivity index (χ0v) is 23.6. The van der Waals surface area contributed by atoms with Crippen LogP contribution in [0, 0.1) is 12.3 Å². The fourth-order valence-corrected chi connectivity index (χ4v) is 6.11. The minimum atomic E-state index is -0.587. The van der Waals surface area contributed by atoms with E-state index in [1.165, 1.54) is 32.1 Å². The second kappa shape index (κ2) is 9.75. The third-order valence-corrected chi connectivity index (χ3v) is 7.96. The molecule has 1 aliphatic carbocycles. The Kier molecular flexibility index (Phi) is 6.74. The van der Waals surface area contributed by atoms with Crippen molar-refractivity contribution in [3.05, 3.63) is 63.4 Å². The summed E-state index contributed by atoms with van der Waals surface area (Å²) in [5.41, 5.74) is 3.60. The largest absolute Gasteiger partial charge is 0.456 e. The molecule has 5 rings (SSSR count). The highest BCUT2D eigenvalue weighted by atomic mass is 16.6. The fourth-order valence-electron chi connectivity index (χ4n) is 6.11. The molecule has 7 nitrogen and oxygen atoms in total. The maximum atomic E-state index is 13.5. The molecule has 3 aromatic rings. The van der Waals surface area contributed by atoms with Crippen LogP contribution in [0.25, 0.3) is 10.9 Å². The van der Waals surface area contributed by atoms with Gasteiger partial charge in [0, 0.05) is 36.8 Å². The van der Waals surface area contributed by atoms with Crippen LogP contribution in [0.5, 0.6) is 0 Å². The van der Waals surface area contributed by atoms with Gasteiger partial charge < -0.3 is 15.0 Å². The van der Waals surface area contributed by atoms with Crippen molar-refractivity contribution < 1.29 is 9.53 Å². The lowest BCUT2D eigenvalue weighted by Gasteiger charge is -2.53. The second-order valence-corrected chi connectivity index (χ2v) is 12.4. The van der Waals surface area contributed by atoms with Gasteiger partial charge in [-0.05, 0) is 71.2 Å². The number of carbonyl (C=O) groups is 1. The zero-order chi connectivity index (χ0) is 27.2. The number of ether oxygens (including phenoxy) is 1. The monoisotopic (exact) mass is 516 g/mol. The van der Waals surface area contributed by atoms with Gasteiger partial charge >= 0.3 is 5.97 Å². The molecular weight excluding hydrogens is 476 g/mol. The number of fused-ring (bicyclic) bond motifs is 1. The number of hydrogen-bond donors (Lipinski definition) is 1. The van der Waals surface area contributed by atoms with E-state index in [0.717, 1.165) is 30.2 Å². The number of para-hydroxylation sites is 1. The van der Waals surface area contributed by atoms with E-state index in [4.69, 9.17) is 9.72 Å². The summed E-state index contributed by atoms with van der Waals surface area (Å²) >= 11 is 0. The minimum absolute atomic E-state index is 0.0269. The Morgan fingerprint density at radius 1 is 1.11 bits per heavy atom. The summed E-state index contributed by atoms with van der Waals surface area (Å²) in [4.78, 5) is 33.8. The number of benzene rings is 2. The summed E-state index contributed by atoms with van der Waals surface area (Å²) in [5, 5.41) is 4.13. The summed E-state index contributed by atoms with van der Waals surface area (Å²) in [6.07, 6.45) is 6.48. The van der Waals surface area contributed by atoms with Crippen molar-refractivity contribution in [1.82, 2.24) is 9.55 Å². The molecule has 202 valence electrons. The molecule has 1 aliphatic heterocycles. The minimum Gasteiger partial charge on any atom is -0.456 e. The smallest absolute Gasteiger partial charge is 0.340 e. The topological polar surface area (TPSA) is 76.5 Å². The van der Waals surface area contributed by atoms with Gasteiger partial charge in [0.25, 0.3) is 5.56 Å². The van der Waals surface area contributed by atoms with Gasteiger partial charge in [-0.15, -0.1) is 0 Å². The van der Waals surface area contributed by atoms with Gasteiger partial charge in [-0.2, -0.15) is 0 Å². The van der Waals surface area contributed by atoms with Crippen LogP contribution in [-0.2, 0) is 11.8 Å². The van der Waals surface area contributed by atoms with Crippen LogP contribution in [0.4, 0.5) is 11.6 Å². The predicted molar refractivity (Wildman–Crippen MR) is 153 cm³/mol. The number of nitrogens with one attached hydrogen (secondary N) is 1. The summed E-state index contributed by atoms with van der Waals surface area (Å²) in [5.74, 6) is 0.371. The average Bonchev–Trinajstić information content (AvgIpc) is 2.84. The van der Waals surface area contributed by atoms with Gasteiger partial charge in [0.1, 0.15) is 5.60 Å². The van der Waals surface area contributed by atoms with Gasteiger partial charge in [-0.3, -0.25) is 9.36 Å². The van der Waals surface area contributed by atoms with E-state index in [1.54, 1.807) is 10.6 Å². The van der Waals surface area contributed by atoms with Crippen LogP contribution >= 0.6 is 0 Å². The molecule has 0 radical (unpaired) electrons. The number of anilines is 2. The van der Waals surface area contributed by atoms with Crippen molar-refractivity contribution in [3.8, 4) is 0 Å². The van der Waals surface area contributed by atoms with Crippen LogP contribution in [0.15, 0.2) is 41.2 Å². The lowest BCUT2D eigenvalue weighted by molar-refractivity contribution is 0.00706. The molecule has 2 aromatic carbocycles. The number of hydrogen-bond acceptors (Lipinski definition) is 6. The van der Waals surface area contributed by atoms with Crippen LogP contribution in [0.3, 0.4) is 0 Å². The maximum Gasteiger partial charge on any atom is 0.340 e. The van der Waals surface area contributed by atoms with Crippen molar-refractivity contribution in [2.24, 2.45) is 12.5 Å². The Balaban J connectivity index is 1.49. The second-order valence-electron chi connectivity index (χ2n) is 12.4. The molecule has 2 heterocycles. The van der Waals surface area contributed by atoms with Gasteiger partial charge in [0.15, 0.2) is 0 Å². The van der Waals surface area contributed by atoms with Crippen molar-refractivity contribution in [1.29, 1.82) is 0 Å². The van der Waals surface area contributed by atoms with E-state index in [2.05, 4.69) is 16.3 Å². The first kappa shape index (κ1) is 26.3. The molecular formula is C31H40N4O3. The molecule has 38 heavy (non-hydrogen) atoms. The molecule has 0 amide bonds. The molecule has 1 saturated carbocycles. The van der Waals surface area contributed by atoms with E-state index in [-0.39, 0.29) is 17.6 Å². The first-order chi connectivity index (χ1) is 18.0. The highest BCUT2D eigenvalue weighted by Gasteiger charge is 2.44. The number of esters is 1. The fraction of sp³-hybridized carbons (Fsp3) is 0.516. The summed E-state index contributed by atoms with van der Waals surface area (Å²) < 4.78 is 7.34. The number of nitrogens with zero attached hydrogens (tertiary/aromatic N) is 3. The molecule has 1 unspecified atom stereocenters. The Morgan fingerprint density at radius 3 is 2.47 bits per heavy atom. The molecule has 1 spiro atoms. The third kappa shape index (κ3) is 5.03. The van der Waals surface area contributed by atoms with Crippen molar-refractivity contribution >= 4 is 28.5 Å². The lowest BCUT2D eigenvalue weighted by Crippen LogP contribution is -2.58. The highest BCUT2D eigenvalue weighted by molar-refractivity contribution is 5.96. The highest BCUT2D eigenvalue weighted by Crippen LogP contribution is 2.45. The van der Waals surface area contributed by atoms with Crippen molar-refractivity contribution in [3.63, 3.8) is 0 Å². The van der Waals surface area contributed by atoms with Crippen LogP contribution in [-0.4, -0.2) is 34.2 Å². The van der Waals surface area contributed by atoms with E-state index in [0.29, 0.717) is 27.6 Å². The van der Waals surface area contributed by atoms with Crippen molar-refractivity contribution in [2.45, 2.75) is 78.4 Å². The van der Waals surface area contributed by atoms with Gasteiger partial charge in [0.05, 0.1) is 22.5 Å². The van der Waals surface area contributed by atoms with Gasteiger partial charge in [-0.25, -0.2) is 9.78 Å². The number of carbonyl (C=O) groups excluding carboxylic acids is 1. The lowest BCUT2D eigenvalue weighted by atomic mass is 9.69. The summed E-state index contributed by atoms with van der Waals surface area (Å²) in [7, 11) is 1.83. The molecule has 2 aliphatic rings. The first-order valence-electron chi connectivity index (χ1n) is 13.8. The van der Waals surface area contributed by atoms with Crippen molar-refractivity contribution in [2.75, 3.05) is 23.3 Å². The first-order valence-corrected chi connectivity index (χ1v) is 13.8. The number of aromatic nitrogens is 2. The SMILES string of the molecule is Cc1cc(C(C)Nc2ccccc2C(=O)OC(C)(C)C)c2nc(N3CC4(CCCCC4)C3)n(C)c(=O)c2c1. The van der Waals surface area contributed by atoms with E-state index >= 15 is 0 Å². The Labute approximate surface area is 225 Å². The quantitative estimate of drug-likeness (QED) is 0.411. The standard InChI is InChI=1S/C31H40N4O3/c1-20-16-23(21(2)32-25-13-9-8-12-22(25)28(37)38-30(3,4)5)26-24(17-20)27(36)34(6)29(33-26)35-18-31(19-35)14-10-7-11-15-31/h8-9,12-13,16-17,21,32H,7,10-11,14-15,18-19H2,1-6H3. The maximum absolute atomic E-state index is 13.5. The average molecular weight is 517 g/mol. The van der Waals surface area contributed by atoms with Gasteiger partial charge in [-0.1, -0.05) is 37.5 Å². The molecule has 1 atom stereocenters. The molecule has 1 aromatic heterocycles. The summed E-state index contributed by atoms with van der Waals surface area (Å²) in [6, 6.07) is 11.2. The Bertz CT molecular complexity index is 1420. The Morgan fingerprint density at radius 2 is 1.79 bits per heavy atom. The predicted octanol–water partition coefficient (Wildman–Crippen LogP) is 6.14. The number of rotatable bonds is 5. The normalized spacial score (nSPS) is 17.8. The molecule has 1 saturated heterocycles. The van der Waals surface area contributed by atoms with Crippen LogP contribution < -0.4 is 15.8 Å². The molecule has 0 bridgehead atoms. The van der Waals surface area contributed by atoms with Gasteiger partial charge in [0.2, 0.25) is 5.95 Å². The van der Waals surface area contributed by atoms with E-state index < -0.39 is 5.60 Å². The van der Waals surface area contributed by atoms with E-state index in [1.807, 2.05) is 65.9 Å². The number of aryl methyl sites for hydroxylation is 1. The molecule has 7 heteroatoms. The zero-order valence-electron chi connectivity index (χ0n) is 23.6. The molecule has 1 N–H and O–H groups in total. The Hall–Kier alpha value is -3.35. The van der Waals surface area contributed by atoms with E-state index in [9.17, 15) is 9.59 Å². The third-order valence-electron chi connectivity index (χ3n) is 7.96. The van der Waals surface area contributed by atoms with Crippen LogP contribution in [0.1, 0.15) is 87.3 Å². The summed E-state index contributed by atoms with van der Waals surface area (Å²) in [6.45, 7) is 11.6.